The second-order valence-corrected chi connectivity index (χ2v) is 6.77. The molecule has 0 N–H and O–H groups in total. The summed E-state index contributed by atoms with van der Waals surface area (Å²) in [6.45, 7) is 2.89. The lowest BCUT2D eigenvalue weighted by atomic mass is 10.2. The first-order chi connectivity index (χ1) is 9.73. The van der Waals surface area contributed by atoms with Gasteiger partial charge in [0.25, 0.3) is 0 Å². The van der Waals surface area contributed by atoms with Crippen LogP contribution in [0.4, 0.5) is 0 Å². The number of nitrogens with zero attached hydrogens (tertiary/aromatic N) is 2. The lowest BCUT2D eigenvalue weighted by molar-refractivity contribution is -0.141. The van der Waals surface area contributed by atoms with Crippen LogP contribution in [0.3, 0.4) is 0 Å². The van der Waals surface area contributed by atoms with Crippen molar-refractivity contribution in [3.05, 3.63) is 28.8 Å². The molecule has 0 fully saturated rings. The number of benzene rings is 1. The fourth-order valence-electron chi connectivity index (χ4n) is 1.62. The number of carbonyl (C=O) groups is 1. The number of hydrogen-bond donors (Lipinski definition) is 0. The van der Waals surface area contributed by atoms with Crippen molar-refractivity contribution >= 4 is 27.6 Å². The van der Waals surface area contributed by atoms with Crippen LogP contribution in [0.2, 0.25) is 5.02 Å². The maximum absolute atomic E-state index is 12.6. The molecule has 6 nitrogen and oxygen atoms in total. The van der Waals surface area contributed by atoms with Gasteiger partial charge in [0.15, 0.2) is 0 Å². The van der Waals surface area contributed by atoms with Gasteiger partial charge >= 0.3 is 5.97 Å². The molecule has 1 aromatic carbocycles. The Morgan fingerprint density at radius 3 is 2.52 bits per heavy atom. The maximum Gasteiger partial charge on any atom is 0.321 e. The maximum atomic E-state index is 12.6. The van der Waals surface area contributed by atoms with Gasteiger partial charge < -0.3 is 4.74 Å². The van der Waals surface area contributed by atoms with Gasteiger partial charge in [-0.3, -0.25) is 4.79 Å². The van der Waals surface area contributed by atoms with Crippen LogP contribution in [-0.4, -0.2) is 38.4 Å². The van der Waals surface area contributed by atoms with E-state index in [0.29, 0.717) is 0 Å². The van der Waals surface area contributed by atoms with Gasteiger partial charge in [-0.15, -0.1) is 0 Å². The summed E-state index contributed by atoms with van der Waals surface area (Å²) in [7, 11) is -2.73. The molecule has 0 atom stereocenters. The third kappa shape index (κ3) is 3.94. The second-order valence-electron chi connectivity index (χ2n) is 4.47. The first-order valence-corrected chi connectivity index (χ1v) is 7.84. The number of ether oxygens (including phenoxy) is 1. The number of rotatable bonds is 5. The molecule has 0 aliphatic carbocycles. The third-order valence-electron chi connectivity index (χ3n) is 2.76. The quantitative estimate of drug-likeness (QED) is 0.768. The molecule has 0 spiro atoms. The van der Waals surface area contributed by atoms with Gasteiger partial charge in [0, 0.05) is 6.04 Å². The van der Waals surface area contributed by atoms with Crippen molar-refractivity contribution in [2.24, 2.45) is 0 Å². The Morgan fingerprint density at radius 2 is 2.10 bits per heavy atom. The standard InChI is InChI=1S/C13H15ClN2O4S/c1-9(2)16(8-13(17)20-3)21(18,19)11-5-4-10(7-15)12(14)6-11/h4-6,9H,8H2,1-3H3. The van der Waals surface area contributed by atoms with E-state index in [1.165, 1.54) is 25.3 Å². The minimum absolute atomic E-state index is 0.0420. The summed E-state index contributed by atoms with van der Waals surface area (Å²) < 4.78 is 30.6. The van der Waals surface area contributed by atoms with Crippen molar-refractivity contribution < 1.29 is 17.9 Å². The predicted molar refractivity (Wildman–Crippen MR) is 77.2 cm³/mol. The van der Waals surface area contributed by atoms with E-state index in [1.54, 1.807) is 13.8 Å². The molecule has 0 bridgehead atoms. The molecule has 0 amide bonds. The molecule has 1 rings (SSSR count). The average Bonchev–Trinajstić information content (AvgIpc) is 2.43. The highest BCUT2D eigenvalue weighted by atomic mass is 35.5. The second kappa shape index (κ2) is 6.89. The summed E-state index contributed by atoms with van der Waals surface area (Å²) in [6.07, 6.45) is 0. The highest BCUT2D eigenvalue weighted by Crippen LogP contribution is 2.24. The Bertz CT molecular complexity index is 680. The van der Waals surface area contributed by atoms with Crippen LogP contribution < -0.4 is 0 Å². The molecule has 0 aromatic heterocycles. The largest absolute Gasteiger partial charge is 0.468 e. The van der Waals surface area contributed by atoms with Gasteiger partial charge in [0.2, 0.25) is 10.0 Å². The number of esters is 1. The monoisotopic (exact) mass is 330 g/mol. The van der Waals surface area contributed by atoms with Crippen LogP contribution in [0.25, 0.3) is 0 Å². The topological polar surface area (TPSA) is 87.5 Å². The first kappa shape index (κ1) is 17.4. The summed E-state index contributed by atoms with van der Waals surface area (Å²) in [5.41, 5.74) is 0.180. The number of sulfonamides is 1. The molecule has 114 valence electrons. The summed E-state index contributed by atoms with van der Waals surface area (Å²) in [4.78, 5) is 11.3. The molecule has 0 unspecified atom stereocenters. The van der Waals surface area contributed by atoms with Crippen LogP contribution in [0.1, 0.15) is 19.4 Å². The molecule has 21 heavy (non-hydrogen) atoms. The zero-order chi connectivity index (χ0) is 16.2. The number of methoxy groups -OCH3 is 1. The summed E-state index contributed by atoms with van der Waals surface area (Å²) in [5, 5.41) is 8.85. The molecular weight excluding hydrogens is 316 g/mol. The third-order valence-corrected chi connectivity index (χ3v) is 5.09. The number of hydrogen-bond acceptors (Lipinski definition) is 5. The summed E-state index contributed by atoms with van der Waals surface area (Å²) in [6, 6.07) is 5.22. The first-order valence-electron chi connectivity index (χ1n) is 6.02. The molecule has 0 saturated heterocycles. The molecule has 0 radical (unpaired) electrons. The summed E-state index contributed by atoms with van der Waals surface area (Å²) in [5.74, 6) is -0.660. The molecule has 8 heteroatoms. The Morgan fingerprint density at radius 1 is 1.48 bits per heavy atom. The molecule has 0 heterocycles. The van der Waals surface area contributed by atoms with Crippen LogP contribution >= 0.6 is 11.6 Å². The lowest BCUT2D eigenvalue weighted by Gasteiger charge is -2.24. The fraction of sp³-hybridized carbons (Fsp3) is 0.385. The fourth-order valence-corrected chi connectivity index (χ4v) is 3.51. The minimum atomic E-state index is -3.91. The highest BCUT2D eigenvalue weighted by Gasteiger charge is 2.29. The zero-order valence-corrected chi connectivity index (χ0v) is 13.4. The van der Waals surface area contributed by atoms with E-state index < -0.39 is 28.6 Å². The van der Waals surface area contributed by atoms with Crippen molar-refractivity contribution in [3.63, 3.8) is 0 Å². The Balaban J connectivity index is 3.27. The van der Waals surface area contributed by atoms with Crippen LogP contribution in [0.15, 0.2) is 23.1 Å². The smallest absolute Gasteiger partial charge is 0.321 e. The normalized spacial score (nSPS) is 11.5. The van der Waals surface area contributed by atoms with Gasteiger partial charge in [-0.05, 0) is 32.0 Å². The van der Waals surface area contributed by atoms with E-state index in [0.717, 1.165) is 4.31 Å². The van der Waals surface area contributed by atoms with Crippen molar-refractivity contribution in [1.82, 2.24) is 4.31 Å². The van der Waals surface area contributed by atoms with E-state index in [-0.39, 0.29) is 15.5 Å². The zero-order valence-electron chi connectivity index (χ0n) is 11.8. The highest BCUT2D eigenvalue weighted by molar-refractivity contribution is 7.89. The van der Waals surface area contributed by atoms with Crippen molar-refractivity contribution in [2.75, 3.05) is 13.7 Å². The van der Waals surface area contributed by atoms with Gasteiger partial charge in [-0.25, -0.2) is 8.42 Å². The molecule has 0 aliphatic heterocycles. The predicted octanol–water partition coefficient (Wildman–Crippen LogP) is 1.78. The van der Waals surface area contributed by atoms with Crippen LogP contribution in [-0.2, 0) is 19.6 Å². The van der Waals surface area contributed by atoms with Crippen LogP contribution in [0.5, 0.6) is 0 Å². The Labute approximate surface area is 128 Å². The SMILES string of the molecule is COC(=O)CN(C(C)C)S(=O)(=O)c1ccc(C#N)c(Cl)c1. The minimum Gasteiger partial charge on any atom is -0.468 e. The van der Waals surface area contributed by atoms with Gasteiger partial charge in [0.1, 0.15) is 12.6 Å². The Hall–Kier alpha value is -1.62. The molecule has 0 aliphatic rings. The lowest BCUT2D eigenvalue weighted by Crippen LogP contribution is -2.41. The van der Waals surface area contributed by atoms with Crippen molar-refractivity contribution in [1.29, 1.82) is 5.26 Å². The van der Waals surface area contributed by atoms with E-state index >= 15 is 0 Å². The van der Waals surface area contributed by atoms with E-state index in [2.05, 4.69) is 4.74 Å². The van der Waals surface area contributed by atoms with Crippen molar-refractivity contribution in [3.8, 4) is 6.07 Å². The van der Waals surface area contributed by atoms with Crippen LogP contribution in [0, 0.1) is 11.3 Å². The summed E-state index contributed by atoms with van der Waals surface area (Å²) >= 11 is 5.86. The van der Waals surface area contributed by atoms with Crippen molar-refractivity contribution in [2.45, 2.75) is 24.8 Å². The van der Waals surface area contributed by atoms with Gasteiger partial charge in [-0.2, -0.15) is 9.57 Å². The number of carbonyl (C=O) groups excluding carboxylic acids is 1. The Kier molecular flexibility index (Phi) is 5.72. The molecular formula is C13H15ClN2O4S. The molecule has 0 saturated carbocycles. The van der Waals surface area contributed by atoms with E-state index in [9.17, 15) is 13.2 Å². The van der Waals surface area contributed by atoms with E-state index in [4.69, 9.17) is 16.9 Å². The number of nitriles is 1. The van der Waals surface area contributed by atoms with Gasteiger partial charge in [-0.1, -0.05) is 11.6 Å². The molecule has 1 aromatic rings. The van der Waals surface area contributed by atoms with Gasteiger partial charge in [0.05, 0.1) is 22.6 Å². The van der Waals surface area contributed by atoms with E-state index in [1.807, 2.05) is 6.07 Å². The average molecular weight is 331 g/mol. The number of halogens is 1.